The molecule has 1 aliphatic rings. The summed E-state index contributed by atoms with van der Waals surface area (Å²) in [5.74, 6) is 0.303. The predicted octanol–water partition coefficient (Wildman–Crippen LogP) is 3.98. The van der Waals surface area contributed by atoms with E-state index in [0.29, 0.717) is 19.3 Å². The molecule has 0 heterocycles. The fourth-order valence-electron chi connectivity index (χ4n) is 2.78. The van der Waals surface area contributed by atoms with Crippen molar-refractivity contribution in [3.8, 4) is 0 Å². The zero-order valence-electron chi connectivity index (χ0n) is 16.4. The third kappa shape index (κ3) is 8.43. The Balaban J connectivity index is 2.40. The first-order chi connectivity index (χ1) is 12.5. The Hall–Kier alpha value is -1.94. The normalized spacial score (nSPS) is 19.9. The van der Waals surface area contributed by atoms with Gasteiger partial charge < -0.3 is 10.0 Å². The second-order valence-corrected chi connectivity index (χ2v) is 6.88. The first-order valence-corrected chi connectivity index (χ1v) is 9.56. The molecular weight excluding hydrogens is 326 g/mol. The lowest BCUT2D eigenvalue weighted by atomic mass is 9.96. The molecule has 1 amide bonds. The molecule has 4 nitrogen and oxygen atoms in total. The molecule has 1 N–H and O–H groups in total. The van der Waals surface area contributed by atoms with E-state index >= 15 is 0 Å². The summed E-state index contributed by atoms with van der Waals surface area (Å²) in [5, 5.41) is 9.99. The highest BCUT2D eigenvalue weighted by molar-refractivity contribution is 6.07. The highest BCUT2D eigenvalue weighted by atomic mass is 16.3. The van der Waals surface area contributed by atoms with Crippen LogP contribution in [0.3, 0.4) is 0 Å². The van der Waals surface area contributed by atoms with E-state index in [9.17, 15) is 14.7 Å². The maximum atomic E-state index is 12.0. The number of rotatable bonds is 11. The molecule has 0 radical (unpaired) electrons. The molecule has 0 aromatic rings. The number of carbonyl (C=O) groups excluding carboxylic acids is 2. The number of amides is 1. The van der Waals surface area contributed by atoms with Gasteiger partial charge in [0.2, 0.25) is 5.91 Å². The Bertz CT molecular complexity index is 570. The number of aliphatic hydroxyl groups excluding tert-OH is 1. The maximum absolute atomic E-state index is 12.0. The van der Waals surface area contributed by atoms with Crippen LogP contribution in [0.2, 0.25) is 0 Å². The SMILES string of the molecule is CCC=CCC(O)CC=C1C(=O)C=CC1CC=CCCCC(=O)N(C)C. The largest absolute Gasteiger partial charge is 0.392 e. The van der Waals surface area contributed by atoms with Gasteiger partial charge in [0, 0.05) is 32.0 Å². The molecule has 2 unspecified atom stereocenters. The van der Waals surface area contributed by atoms with Gasteiger partial charge in [0.05, 0.1) is 6.10 Å². The molecule has 0 saturated carbocycles. The monoisotopic (exact) mass is 359 g/mol. The zero-order chi connectivity index (χ0) is 19.4. The third-order valence-corrected chi connectivity index (χ3v) is 4.40. The number of hydrogen-bond acceptors (Lipinski definition) is 3. The first-order valence-electron chi connectivity index (χ1n) is 9.56. The zero-order valence-corrected chi connectivity index (χ0v) is 16.4. The van der Waals surface area contributed by atoms with E-state index < -0.39 is 6.10 Å². The lowest BCUT2D eigenvalue weighted by Crippen LogP contribution is -2.20. The number of unbranched alkanes of at least 4 members (excludes halogenated alkanes) is 1. The van der Waals surface area contributed by atoms with Crippen molar-refractivity contribution >= 4 is 11.7 Å². The van der Waals surface area contributed by atoms with E-state index in [1.54, 1.807) is 25.1 Å². The molecule has 144 valence electrons. The van der Waals surface area contributed by atoms with Gasteiger partial charge in [0.25, 0.3) is 0 Å². The van der Waals surface area contributed by atoms with Gasteiger partial charge in [-0.2, -0.15) is 0 Å². The van der Waals surface area contributed by atoms with Gasteiger partial charge in [0.1, 0.15) is 0 Å². The molecule has 0 fully saturated rings. The number of nitrogens with zero attached hydrogens (tertiary/aromatic N) is 1. The average Bonchev–Trinajstić information content (AvgIpc) is 2.95. The Morgan fingerprint density at radius 3 is 2.69 bits per heavy atom. The molecule has 2 atom stereocenters. The molecule has 1 aliphatic carbocycles. The highest BCUT2D eigenvalue weighted by Crippen LogP contribution is 2.26. The van der Waals surface area contributed by atoms with Crippen LogP contribution in [0, 0.1) is 5.92 Å². The minimum Gasteiger partial charge on any atom is -0.392 e. The van der Waals surface area contributed by atoms with Gasteiger partial charge in [-0.3, -0.25) is 9.59 Å². The Morgan fingerprint density at radius 1 is 1.23 bits per heavy atom. The summed E-state index contributed by atoms with van der Waals surface area (Å²) >= 11 is 0. The number of aliphatic hydroxyl groups is 1. The molecule has 0 aliphatic heterocycles. The summed E-state index contributed by atoms with van der Waals surface area (Å²) in [7, 11) is 3.54. The van der Waals surface area contributed by atoms with Crippen LogP contribution in [0.15, 0.2) is 48.1 Å². The van der Waals surface area contributed by atoms with Crippen molar-refractivity contribution in [2.75, 3.05) is 14.1 Å². The lowest BCUT2D eigenvalue weighted by molar-refractivity contribution is -0.128. The molecule has 4 heteroatoms. The van der Waals surface area contributed by atoms with Crippen molar-refractivity contribution in [3.05, 3.63) is 48.1 Å². The van der Waals surface area contributed by atoms with Crippen LogP contribution < -0.4 is 0 Å². The highest BCUT2D eigenvalue weighted by Gasteiger charge is 2.21. The van der Waals surface area contributed by atoms with Gasteiger partial charge in [-0.05, 0) is 44.6 Å². The van der Waals surface area contributed by atoms with Gasteiger partial charge in [-0.1, -0.05) is 43.4 Å². The lowest BCUT2D eigenvalue weighted by Gasteiger charge is -2.10. The molecule has 0 bridgehead atoms. The van der Waals surface area contributed by atoms with E-state index in [2.05, 4.69) is 19.1 Å². The summed E-state index contributed by atoms with van der Waals surface area (Å²) in [4.78, 5) is 25.1. The minimum atomic E-state index is -0.441. The fraction of sp³-hybridized carbons (Fsp3) is 0.545. The number of ketones is 1. The fourth-order valence-corrected chi connectivity index (χ4v) is 2.78. The molecular formula is C22H33NO3. The van der Waals surface area contributed by atoms with E-state index in [1.165, 1.54) is 0 Å². The topological polar surface area (TPSA) is 57.6 Å². The maximum Gasteiger partial charge on any atom is 0.222 e. The average molecular weight is 360 g/mol. The van der Waals surface area contributed by atoms with E-state index in [-0.39, 0.29) is 17.6 Å². The summed E-state index contributed by atoms with van der Waals surface area (Å²) < 4.78 is 0. The van der Waals surface area contributed by atoms with E-state index in [1.807, 2.05) is 24.3 Å². The molecule has 26 heavy (non-hydrogen) atoms. The Morgan fingerprint density at radius 2 is 2.00 bits per heavy atom. The van der Waals surface area contributed by atoms with Crippen LogP contribution in [0.25, 0.3) is 0 Å². The first kappa shape index (κ1) is 22.1. The van der Waals surface area contributed by atoms with Crippen LogP contribution in [-0.4, -0.2) is 41.9 Å². The van der Waals surface area contributed by atoms with Gasteiger partial charge in [-0.15, -0.1) is 0 Å². The molecule has 0 aromatic heterocycles. The van der Waals surface area contributed by atoms with Crippen molar-refractivity contribution in [1.29, 1.82) is 0 Å². The molecule has 0 saturated heterocycles. The third-order valence-electron chi connectivity index (χ3n) is 4.40. The van der Waals surface area contributed by atoms with Crippen molar-refractivity contribution in [2.24, 2.45) is 5.92 Å². The summed E-state index contributed by atoms with van der Waals surface area (Å²) in [5.41, 5.74) is 0.788. The van der Waals surface area contributed by atoms with Crippen molar-refractivity contribution < 1.29 is 14.7 Å². The predicted molar refractivity (Wildman–Crippen MR) is 107 cm³/mol. The van der Waals surface area contributed by atoms with Gasteiger partial charge in [-0.25, -0.2) is 0 Å². The molecule has 1 rings (SSSR count). The molecule has 0 spiro atoms. The van der Waals surface area contributed by atoms with Crippen LogP contribution >= 0.6 is 0 Å². The smallest absolute Gasteiger partial charge is 0.222 e. The van der Waals surface area contributed by atoms with Crippen molar-refractivity contribution in [1.82, 2.24) is 4.90 Å². The van der Waals surface area contributed by atoms with E-state index in [0.717, 1.165) is 31.3 Å². The van der Waals surface area contributed by atoms with Crippen LogP contribution in [0.5, 0.6) is 0 Å². The number of carbonyl (C=O) groups is 2. The number of allylic oxidation sites excluding steroid dienone is 6. The van der Waals surface area contributed by atoms with Crippen molar-refractivity contribution in [2.45, 2.75) is 58.0 Å². The van der Waals surface area contributed by atoms with Crippen LogP contribution in [-0.2, 0) is 9.59 Å². The standard InChI is InChI=1S/C22H33NO3/c1-4-5-8-12-19(24)15-16-20-18(14-17-21(20)25)11-9-6-7-10-13-22(26)23(2)3/h5-6,8-9,14,16-19,24H,4,7,10-13,15H2,1-3H3. The van der Waals surface area contributed by atoms with Gasteiger partial charge in [0.15, 0.2) is 5.78 Å². The number of hydrogen-bond donors (Lipinski definition) is 1. The van der Waals surface area contributed by atoms with E-state index in [4.69, 9.17) is 0 Å². The second kappa shape index (κ2) is 12.4. The molecule has 0 aromatic carbocycles. The Labute approximate surface area is 158 Å². The summed E-state index contributed by atoms with van der Waals surface area (Å²) in [6, 6.07) is 0. The summed E-state index contributed by atoms with van der Waals surface area (Å²) in [6.07, 6.45) is 18.4. The van der Waals surface area contributed by atoms with Crippen LogP contribution in [0.1, 0.15) is 51.9 Å². The van der Waals surface area contributed by atoms with Crippen molar-refractivity contribution in [3.63, 3.8) is 0 Å². The van der Waals surface area contributed by atoms with Gasteiger partial charge >= 0.3 is 0 Å². The van der Waals surface area contributed by atoms with Crippen LogP contribution in [0.4, 0.5) is 0 Å². The Kier molecular flexibility index (Phi) is 10.6. The quantitative estimate of drug-likeness (QED) is 0.345. The second-order valence-electron chi connectivity index (χ2n) is 6.88. The minimum absolute atomic E-state index is 0.0521. The summed E-state index contributed by atoms with van der Waals surface area (Å²) in [6.45, 7) is 2.06.